The van der Waals surface area contributed by atoms with Crippen LogP contribution in [-0.2, 0) is 6.54 Å². The number of fused-ring (bicyclic) bond motifs is 1. The van der Waals surface area contributed by atoms with E-state index in [0.29, 0.717) is 28.6 Å². The van der Waals surface area contributed by atoms with E-state index in [4.69, 9.17) is 13.7 Å². The van der Waals surface area contributed by atoms with Gasteiger partial charge in [0.2, 0.25) is 0 Å². The van der Waals surface area contributed by atoms with Crippen LogP contribution in [0.1, 0.15) is 5.82 Å². The Kier molecular flexibility index (Phi) is 3.38. The lowest BCUT2D eigenvalue weighted by atomic mass is 10.2. The van der Waals surface area contributed by atoms with Crippen molar-refractivity contribution in [3.63, 3.8) is 0 Å². The van der Waals surface area contributed by atoms with E-state index in [1.807, 2.05) is 36.4 Å². The molecule has 24 heavy (non-hydrogen) atoms. The Morgan fingerprint density at radius 3 is 2.92 bits per heavy atom. The quantitative estimate of drug-likeness (QED) is 0.574. The first kappa shape index (κ1) is 14.3. The molecule has 0 saturated heterocycles. The molecule has 0 amide bonds. The Labute approximate surface area is 136 Å². The second kappa shape index (κ2) is 5.69. The largest absolute Gasteiger partial charge is 0.497 e. The minimum atomic E-state index is -0.455. The minimum Gasteiger partial charge on any atom is -0.497 e. The van der Waals surface area contributed by atoms with Crippen molar-refractivity contribution < 1.29 is 13.7 Å². The lowest BCUT2D eigenvalue weighted by Gasteiger charge is -1.99. The lowest BCUT2D eigenvalue weighted by molar-refractivity contribution is 0.411. The Hall–Kier alpha value is -3.35. The Balaban J connectivity index is 1.67. The van der Waals surface area contributed by atoms with Crippen molar-refractivity contribution in [3.8, 4) is 17.2 Å². The molecular formula is C17H13N3O4. The SMILES string of the molecule is COc1cccc(-c2nc(Cn3c(=O)oc4ccccc43)no2)c1. The zero-order valence-electron chi connectivity index (χ0n) is 12.8. The van der Waals surface area contributed by atoms with E-state index in [2.05, 4.69) is 10.1 Å². The molecule has 0 fully saturated rings. The predicted octanol–water partition coefficient (Wildman–Crippen LogP) is 2.70. The van der Waals surface area contributed by atoms with Crippen molar-refractivity contribution in [2.45, 2.75) is 6.54 Å². The molecular weight excluding hydrogens is 310 g/mol. The van der Waals surface area contributed by atoms with E-state index >= 15 is 0 Å². The van der Waals surface area contributed by atoms with Crippen molar-refractivity contribution in [1.29, 1.82) is 0 Å². The molecule has 0 radical (unpaired) electrons. The Bertz CT molecular complexity index is 1060. The molecule has 120 valence electrons. The molecule has 0 N–H and O–H groups in total. The van der Waals surface area contributed by atoms with Crippen LogP contribution in [0, 0.1) is 0 Å². The summed E-state index contributed by atoms with van der Waals surface area (Å²) in [6, 6.07) is 14.5. The van der Waals surface area contributed by atoms with Gasteiger partial charge in [-0.15, -0.1) is 0 Å². The molecule has 4 aromatic rings. The van der Waals surface area contributed by atoms with Gasteiger partial charge in [-0.05, 0) is 30.3 Å². The number of hydrogen-bond donors (Lipinski definition) is 0. The summed E-state index contributed by atoms with van der Waals surface area (Å²) in [5.74, 6) is 0.999. The van der Waals surface area contributed by atoms with E-state index < -0.39 is 5.76 Å². The van der Waals surface area contributed by atoms with E-state index in [1.54, 1.807) is 19.2 Å². The molecule has 7 heteroatoms. The molecule has 0 atom stereocenters. The van der Waals surface area contributed by atoms with Gasteiger partial charge in [-0.25, -0.2) is 4.79 Å². The van der Waals surface area contributed by atoms with Gasteiger partial charge in [0.1, 0.15) is 5.75 Å². The van der Waals surface area contributed by atoms with Crippen LogP contribution in [0.25, 0.3) is 22.6 Å². The number of para-hydroxylation sites is 2. The van der Waals surface area contributed by atoms with Gasteiger partial charge in [0.15, 0.2) is 11.4 Å². The maximum absolute atomic E-state index is 12.0. The summed E-state index contributed by atoms with van der Waals surface area (Å²) in [5.41, 5.74) is 1.96. The van der Waals surface area contributed by atoms with Crippen LogP contribution in [0.4, 0.5) is 0 Å². The monoisotopic (exact) mass is 323 g/mol. The first-order valence-electron chi connectivity index (χ1n) is 7.30. The molecule has 0 saturated carbocycles. The first-order chi connectivity index (χ1) is 11.7. The van der Waals surface area contributed by atoms with Crippen molar-refractivity contribution in [3.05, 3.63) is 64.9 Å². The number of oxazole rings is 1. The fraction of sp³-hybridized carbons (Fsp3) is 0.118. The molecule has 7 nitrogen and oxygen atoms in total. The third kappa shape index (κ3) is 2.45. The third-order valence-electron chi connectivity index (χ3n) is 3.66. The van der Waals surface area contributed by atoms with Crippen LogP contribution in [-0.4, -0.2) is 21.8 Å². The number of benzene rings is 2. The standard InChI is InChI=1S/C17H13N3O4/c1-22-12-6-4-5-11(9-12)16-18-15(19-24-16)10-20-13-7-2-3-8-14(13)23-17(20)21/h2-9H,10H2,1H3. The number of rotatable bonds is 4. The van der Waals surface area contributed by atoms with Gasteiger partial charge in [-0.3, -0.25) is 4.57 Å². The van der Waals surface area contributed by atoms with Crippen LogP contribution >= 0.6 is 0 Å². The summed E-state index contributed by atoms with van der Waals surface area (Å²) >= 11 is 0. The topological polar surface area (TPSA) is 83.3 Å². The van der Waals surface area contributed by atoms with E-state index in [-0.39, 0.29) is 6.54 Å². The molecule has 0 bridgehead atoms. The van der Waals surface area contributed by atoms with Crippen LogP contribution in [0.15, 0.2) is 62.3 Å². The zero-order chi connectivity index (χ0) is 16.5. The zero-order valence-corrected chi connectivity index (χ0v) is 12.8. The van der Waals surface area contributed by atoms with Gasteiger partial charge in [-0.1, -0.05) is 23.4 Å². The van der Waals surface area contributed by atoms with Gasteiger partial charge >= 0.3 is 5.76 Å². The molecule has 2 heterocycles. The fourth-order valence-electron chi connectivity index (χ4n) is 2.50. The first-order valence-corrected chi connectivity index (χ1v) is 7.30. The molecule has 4 rings (SSSR count). The number of nitrogens with zero attached hydrogens (tertiary/aromatic N) is 3. The third-order valence-corrected chi connectivity index (χ3v) is 3.66. The highest BCUT2D eigenvalue weighted by atomic mass is 16.5. The van der Waals surface area contributed by atoms with Gasteiger partial charge < -0.3 is 13.7 Å². The Morgan fingerprint density at radius 2 is 2.04 bits per heavy atom. The summed E-state index contributed by atoms with van der Waals surface area (Å²) in [6.07, 6.45) is 0. The van der Waals surface area contributed by atoms with Crippen LogP contribution in [0.2, 0.25) is 0 Å². The maximum atomic E-state index is 12.0. The van der Waals surface area contributed by atoms with E-state index in [1.165, 1.54) is 4.57 Å². The van der Waals surface area contributed by atoms with Crippen molar-refractivity contribution in [2.75, 3.05) is 7.11 Å². The van der Waals surface area contributed by atoms with Crippen LogP contribution in [0.5, 0.6) is 5.75 Å². The summed E-state index contributed by atoms with van der Waals surface area (Å²) in [6.45, 7) is 0.170. The van der Waals surface area contributed by atoms with Gasteiger partial charge in [0.05, 0.1) is 19.2 Å². The molecule has 0 aliphatic carbocycles. The molecule has 0 aliphatic rings. The van der Waals surface area contributed by atoms with Gasteiger partial charge in [0.25, 0.3) is 5.89 Å². The van der Waals surface area contributed by atoms with Crippen LogP contribution < -0.4 is 10.5 Å². The summed E-state index contributed by atoms with van der Waals surface area (Å²) in [4.78, 5) is 16.3. The molecule has 0 aliphatic heterocycles. The van der Waals surface area contributed by atoms with Crippen molar-refractivity contribution in [2.24, 2.45) is 0 Å². The van der Waals surface area contributed by atoms with E-state index in [0.717, 1.165) is 5.56 Å². The molecule has 2 aromatic heterocycles. The molecule has 0 unspecified atom stereocenters. The number of aromatic nitrogens is 3. The average molecular weight is 323 g/mol. The van der Waals surface area contributed by atoms with Crippen molar-refractivity contribution >= 4 is 11.1 Å². The number of hydrogen-bond acceptors (Lipinski definition) is 6. The summed E-state index contributed by atoms with van der Waals surface area (Å²) < 4.78 is 17.1. The predicted molar refractivity (Wildman–Crippen MR) is 85.9 cm³/mol. The fourth-order valence-corrected chi connectivity index (χ4v) is 2.50. The number of methoxy groups -OCH3 is 1. The van der Waals surface area contributed by atoms with Crippen molar-refractivity contribution in [1.82, 2.24) is 14.7 Å². The normalized spacial score (nSPS) is 11.0. The van der Waals surface area contributed by atoms with Crippen LogP contribution in [0.3, 0.4) is 0 Å². The molecule has 0 spiro atoms. The van der Waals surface area contributed by atoms with Gasteiger partial charge in [0, 0.05) is 5.56 Å². The maximum Gasteiger partial charge on any atom is 0.420 e. The Morgan fingerprint density at radius 1 is 1.17 bits per heavy atom. The minimum absolute atomic E-state index is 0.170. The number of ether oxygens (including phenoxy) is 1. The summed E-state index contributed by atoms with van der Waals surface area (Å²) in [7, 11) is 1.59. The van der Waals surface area contributed by atoms with Gasteiger partial charge in [-0.2, -0.15) is 4.98 Å². The van der Waals surface area contributed by atoms with E-state index in [9.17, 15) is 4.79 Å². The summed E-state index contributed by atoms with van der Waals surface area (Å²) in [5, 5.41) is 3.94. The highest BCUT2D eigenvalue weighted by Crippen LogP contribution is 2.22. The highest BCUT2D eigenvalue weighted by Gasteiger charge is 2.14. The lowest BCUT2D eigenvalue weighted by Crippen LogP contribution is -2.15. The second-order valence-corrected chi connectivity index (χ2v) is 5.17. The average Bonchev–Trinajstić information content (AvgIpc) is 3.20. The second-order valence-electron chi connectivity index (χ2n) is 5.17. The smallest absolute Gasteiger partial charge is 0.420 e. The highest BCUT2D eigenvalue weighted by molar-refractivity contribution is 5.72. The molecule has 2 aromatic carbocycles.